The van der Waals surface area contributed by atoms with Crippen molar-refractivity contribution in [2.75, 3.05) is 13.1 Å². The molecule has 90 valence electrons. The van der Waals surface area contributed by atoms with Crippen LogP contribution in [0.15, 0.2) is 18.2 Å². The highest BCUT2D eigenvalue weighted by molar-refractivity contribution is 5.95. The number of hydrogen-bond acceptors (Lipinski definition) is 2. The van der Waals surface area contributed by atoms with E-state index < -0.39 is 0 Å². The Morgan fingerprint density at radius 3 is 2.69 bits per heavy atom. The molecule has 0 atom stereocenters. The van der Waals surface area contributed by atoms with Crippen LogP contribution in [0.25, 0.3) is 0 Å². The number of carbonyl (C=O) groups excluding carboxylic acids is 1. The maximum atomic E-state index is 11.7. The standard InChI is InChI=1S/C12H18N2O.ClH/c1-9-5-3-6-11(10(9)2)12(15)14-8-4-7-13;/h3,5-6H,4,7-8,13H2,1-2H3,(H,14,15);1H. The van der Waals surface area contributed by atoms with E-state index in [4.69, 9.17) is 5.73 Å². The molecule has 0 aliphatic heterocycles. The third-order valence-corrected chi connectivity index (χ3v) is 2.52. The topological polar surface area (TPSA) is 55.1 Å². The molecule has 1 aromatic carbocycles. The Bertz CT molecular complexity index is 353. The number of nitrogens with one attached hydrogen (secondary N) is 1. The van der Waals surface area contributed by atoms with E-state index in [-0.39, 0.29) is 18.3 Å². The molecule has 0 radical (unpaired) electrons. The van der Waals surface area contributed by atoms with Crippen molar-refractivity contribution in [1.29, 1.82) is 0 Å². The van der Waals surface area contributed by atoms with Gasteiger partial charge in [0.25, 0.3) is 5.91 Å². The van der Waals surface area contributed by atoms with E-state index in [0.717, 1.165) is 23.1 Å². The van der Waals surface area contributed by atoms with Gasteiger partial charge in [0, 0.05) is 12.1 Å². The first-order chi connectivity index (χ1) is 7.16. The van der Waals surface area contributed by atoms with Gasteiger partial charge in [0.15, 0.2) is 0 Å². The molecule has 1 aromatic rings. The van der Waals surface area contributed by atoms with Crippen LogP contribution in [0.1, 0.15) is 27.9 Å². The Kier molecular flexibility index (Phi) is 6.77. The van der Waals surface area contributed by atoms with Gasteiger partial charge in [-0.05, 0) is 44.0 Å². The summed E-state index contributed by atoms with van der Waals surface area (Å²) in [5.41, 5.74) is 8.30. The molecule has 0 aromatic heterocycles. The first-order valence-electron chi connectivity index (χ1n) is 5.21. The highest BCUT2D eigenvalue weighted by atomic mass is 35.5. The molecule has 0 spiro atoms. The van der Waals surface area contributed by atoms with Gasteiger partial charge in [0.1, 0.15) is 0 Å². The predicted octanol–water partition coefficient (Wildman–Crippen LogP) is 1.80. The number of aryl methyl sites for hydroxylation is 1. The van der Waals surface area contributed by atoms with Crippen LogP contribution in [-0.4, -0.2) is 19.0 Å². The first kappa shape index (κ1) is 14.9. The van der Waals surface area contributed by atoms with Crippen LogP contribution in [0.3, 0.4) is 0 Å². The lowest BCUT2D eigenvalue weighted by Gasteiger charge is -2.08. The predicted molar refractivity (Wildman–Crippen MR) is 69.2 cm³/mol. The fourth-order valence-electron chi connectivity index (χ4n) is 1.40. The SMILES string of the molecule is Cc1cccc(C(=O)NCCCN)c1C.Cl. The van der Waals surface area contributed by atoms with Crippen molar-refractivity contribution in [3.63, 3.8) is 0 Å². The zero-order valence-corrected chi connectivity index (χ0v) is 10.6. The lowest BCUT2D eigenvalue weighted by Crippen LogP contribution is -2.26. The monoisotopic (exact) mass is 242 g/mol. The summed E-state index contributed by atoms with van der Waals surface area (Å²) in [6, 6.07) is 5.76. The zero-order valence-electron chi connectivity index (χ0n) is 9.75. The van der Waals surface area contributed by atoms with Gasteiger partial charge >= 0.3 is 0 Å². The summed E-state index contributed by atoms with van der Waals surface area (Å²) in [7, 11) is 0. The molecule has 0 fully saturated rings. The summed E-state index contributed by atoms with van der Waals surface area (Å²) in [5.74, 6) is -0.00958. The van der Waals surface area contributed by atoms with Gasteiger partial charge in [-0.1, -0.05) is 12.1 Å². The minimum absolute atomic E-state index is 0. The van der Waals surface area contributed by atoms with Crippen LogP contribution in [0.4, 0.5) is 0 Å². The average molecular weight is 243 g/mol. The fourth-order valence-corrected chi connectivity index (χ4v) is 1.40. The Balaban J connectivity index is 0.00000225. The quantitative estimate of drug-likeness (QED) is 0.792. The molecule has 16 heavy (non-hydrogen) atoms. The molecule has 0 aliphatic carbocycles. The minimum Gasteiger partial charge on any atom is -0.352 e. The van der Waals surface area contributed by atoms with Gasteiger partial charge in [-0.15, -0.1) is 12.4 Å². The molecule has 1 rings (SSSR count). The maximum absolute atomic E-state index is 11.7. The molecular formula is C12H19ClN2O. The second kappa shape index (κ2) is 7.25. The van der Waals surface area contributed by atoms with E-state index in [1.807, 2.05) is 32.0 Å². The van der Waals surface area contributed by atoms with Gasteiger partial charge in [-0.3, -0.25) is 4.79 Å². The van der Waals surface area contributed by atoms with Crippen molar-refractivity contribution in [2.24, 2.45) is 5.73 Å². The van der Waals surface area contributed by atoms with E-state index in [0.29, 0.717) is 13.1 Å². The van der Waals surface area contributed by atoms with Crippen LogP contribution in [0, 0.1) is 13.8 Å². The second-order valence-electron chi connectivity index (χ2n) is 3.65. The number of rotatable bonds is 4. The minimum atomic E-state index is -0.00958. The second-order valence-corrected chi connectivity index (χ2v) is 3.65. The number of hydrogen-bond donors (Lipinski definition) is 2. The van der Waals surface area contributed by atoms with Gasteiger partial charge in [0.05, 0.1) is 0 Å². The van der Waals surface area contributed by atoms with E-state index in [2.05, 4.69) is 5.32 Å². The normalized spacial score (nSPS) is 9.44. The Morgan fingerprint density at radius 2 is 2.06 bits per heavy atom. The number of halogens is 1. The largest absolute Gasteiger partial charge is 0.352 e. The molecule has 3 nitrogen and oxygen atoms in total. The lowest BCUT2D eigenvalue weighted by atomic mass is 10.0. The molecule has 1 amide bonds. The summed E-state index contributed by atoms with van der Waals surface area (Å²) < 4.78 is 0. The van der Waals surface area contributed by atoms with Crippen molar-refractivity contribution >= 4 is 18.3 Å². The Hall–Kier alpha value is -1.06. The molecule has 0 heterocycles. The number of nitrogens with two attached hydrogens (primary N) is 1. The van der Waals surface area contributed by atoms with Gasteiger partial charge in [-0.2, -0.15) is 0 Å². The molecule has 3 N–H and O–H groups in total. The summed E-state index contributed by atoms with van der Waals surface area (Å²) in [6.45, 7) is 5.22. The highest BCUT2D eigenvalue weighted by Gasteiger charge is 2.08. The van der Waals surface area contributed by atoms with Gasteiger partial charge in [0.2, 0.25) is 0 Å². The van der Waals surface area contributed by atoms with Gasteiger partial charge in [-0.25, -0.2) is 0 Å². The van der Waals surface area contributed by atoms with Crippen LogP contribution >= 0.6 is 12.4 Å². The van der Waals surface area contributed by atoms with Crippen LogP contribution in [-0.2, 0) is 0 Å². The molecular weight excluding hydrogens is 224 g/mol. The van der Waals surface area contributed by atoms with Crippen molar-refractivity contribution in [3.8, 4) is 0 Å². The van der Waals surface area contributed by atoms with Gasteiger partial charge < -0.3 is 11.1 Å². The van der Waals surface area contributed by atoms with Crippen LogP contribution in [0.2, 0.25) is 0 Å². The summed E-state index contributed by atoms with van der Waals surface area (Å²) >= 11 is 0. The number of benzene rings is 1. The van der Waals surface area contributed by atoms with Crippen molar-refractivity contribution < 1.29 is 4.79 Å². The molecule has 4 heteroatoms. The van der Waals surface area contributed by atoms with Crippen molar-refractivity contribution in [2.45, 2.75) is 20.3 Å². The molecule has 0 aliphatic rings. The fraction of sp³-hybridized carbons (Fsp3) is 0.417. The average Bonchev–Trinajstić information content (AvgIpc) is 2.22. The highest BCUT2D eigenvalue weighted by Crippen LogP contribution is 2.12. The number of carbonyl (C=O) groups is 1. The third kappa shape index (κ3) is 3.83. The third-order valence-electron chi connectivity index (χ3n) is 2.52. The summed E-state index contributed by atoms with van der Waals surface area (Å²) in [4.78, 5) is 11.7. The number of amides is 1. The summed E-state index contributed by atoms with van der Waals surface area (Å²) in [6.07, 6.45) is 0.816. The van der Waals surface area contributed by atoms with E-state index >= 15 is 0 Å². The molecule has 0 saturated carbocycles. The molecule has 0 bridgehead atoms. The zero-order chi connectivity index (χ0) is 11.3. The van der Waals surface area contributed by atoms with E-state index in [1.54, 1.807) is 0 Å². The van der Waals surface area contributed by atoms with Crippen LogP contribution < -0.4 is 11.1 Å². The van der Waals surface area contributed by atoms with Crippen molar-refractivity contribution in [3.05, 3.63) is 34.9 Å². The smallest absolute Gasteiger partial charge is 0.251 e. The first-order valence-corrected chi connectivity index (χ1v) is 5.21. The lowest BCUT2D eigenvalue weighted by molar-refractivity contribution is 0.0953. The van der Waals surface area contributed by atoms with Crippen LogP contribution in [0.5, 0.6) is 0 Å². The Morgan fingerprint density at radius 1 is 1.38 bits per heavy atom. The van der Waals surface area contributed by atoms with Crippen molar-refractivity contribution in [1.82, 2.24) is 5.32 Å². The van der Waals surface area contributed by atoms with E-state index in [1.165, 1.54) is 0 Å². The molecule has 0 saturated heterocycles. The van der Waals surface area contributed by atoms with E-state index in [9.17, 15) is 4.79 Å². The molecule has 0 unspecified atom stereocenters. The summed E-state index contributed by atoms with van der Waals surface area (Å²) in [5, 5.41) is 2.85. The Labute approximate surface area is 103 Å². The maximum Gasteiger partial charge on any atom is 0.251 e.